The van der Waals surface area contributed by atoms with Crippen molar-refractivity contribution in [2.24, 2.45) is 0 Å². The summed E-state index contributed by atoms with van der Waals surface area (Å²) in [7, 11) is 2.13. The van der Waals surface area contributed by atoms with E-state index in [2.05, 4.69) is 41.3 Å². The largest absolute Gasteiger partial charge is 0.379 e. The van der Waals surface area contributed by atoms with Gasteiger partial charge in [0, 0.05) is 31.7 Å². The first-order valence-corrected chi connectivity index (χ1v) is 8.21. The van der Waals surface area contributed by atoms with Crippen molar-refractivity contribution in [1.29, 1.82) is 0 Å². The van der Waals surface area contributed by atoms with Crippen molar-refractivity contribution < 1.29 is 10.2 Å². The predicted octanol–water partition coefficient (Wildman–Crippen LogP) is -0.0271. The van der Waals surface area contributed by atoms with E-state index >= 15 is 0 Å². The van der Waals surface area contributed by atoms with E-state index in [4.69, 9.17) is 0 Å². The number of aliphatic hydroxyl groups is 2. The van der Waals surface area contributed by atoms with Gasteiger partial charge in [0.25, 0.3) is 0 Å². The van der Waals surface area contributed by atoms with Crippen LogP contribution in [0, 0.1) is 0 Å². The number of aliphatic hydroxyl groups excluding tert-OH is 2. The van der Waals surface area contributed by atoms with Gasteiger partial charge in [-0.05, 0) is 33.7 Å². The van der Waals surface area contributed by atoms with E-state index in [0.717, 1.165) is 19.6 Å². The van der Waals surface area contributed by atoms with Gasteiger partial charge >= 0.3 is 0 Å². The maximum Gasteiger partial charge on any atom is 0.105 e. The van der Waals surface area contributed by atoms with Crippen LogP contribution in [0.25, 0.3) is 0 Å². The molecule has 0 radical (unpaired) electrons. The molecule has 5 atom stereocenters. The Kier molecular flexibility index (Phi) is 8.08. The highest BCUT2D eigenvalue weighted by molar-refractivity contribution is 4.90. The average molecular weight is 302 g/mol. The molecule has 5 unspecified atom stereocenters. The second-order valence-electron chi connectivity index (χ2n) is 6.21. The summed E-state index contributed by atoms with van der Waals surface area (Å²) in [5.41, 5.74) is 0. The fraction of sp³-hybridized carbons (Fsp3) is 1.00. The topological polar surface area (TPSA) is 71.0 Å². The summed E-state index contributed by atoms with van der Waals surface area (Å²) in [4.78, 5) is 4.71. The molecule has 1 aliphatic heterocycles. The van der Waals surface area contributed by atoms with Crippen molar-refractivity contribution >= 4 is 0 Å². The van der Waals surface area contributed by atoms with E-state index in [1.54, 1.807) is 0 Å². The molecule has 4 N–H and O–H groups in total. The Morgan fingerprint density at radius 1 is 1.05 bits per heavy atom. The van der Waals surface area contributed by atoms with Crippen LogP contribution in [0.5, 0.6) is 0 Å². The van der Waals surface area contributed by atoms with Gasteiger partial charge in [-0.2, -0.15) is 0 Å². The van der Waals surface area contributed by atoms with E-state index in [0.29, 0.717) is 18.9 Å². The molecular formula is C15H34N4O2. The van der Waals surface area contributed by atoms with Crippen molar-refractivity contribution in [2.45, 2.75) is 71.2 Å². The maximum absolute atomic E-state index is 9.83. The summed E-state index contributed by atoms with van der Waals surface area (Å²) in [6, 6.07) is 0.488. The average Bonchev–Trinajstić information content (AvgIpc) is 2.46. The summed E-state index contributed by atoms with van der Waals surface area (Å²) >= 11 is 0. The second-order valence-corrected chi connectivity index (χ2v) is 6.21. The van der Waals surface area contributed by atoms with Gasteiger partial charge in [-0.1, -0.05) is 13.8 Å². The lowest BCUT2D eigenvalue weighted by molar-refractivity contribution is -0.00849. The molecule has 6 nitrogen and oxygen atoms in total. The molecule has 0 bridgehead atoms. The van der Waals surface area contributed by atoms with Crippen molar-refractivity contribution in [3.8, 4) is 0 Å². The fourth-order valence-electron chi connectivity index (χ4n) is 2.92. The zero-order chi connectivity index (χ0) is 16.0. The minimum absolute atomic E-state index is 0.113. The van der Waals surface area contributed by atoms with Crippen LogP contribution in [0.1, 0.15) is 40.5 Å². The molecule has 1 aliphatic rings. The van der Waals surface area contributed by atoms with Gasteiger partial charge in [-0.25, -0.2) is 0 Å². The Hall–Kier alpha value is -0.240. The second kappa shape index (κ2) is 9.02. The van der Waals surface area contributed by atoms with E-state index in [9.17, 15) is 10.2 Å². The third-order valence-electron chi connectivity index (χ3n) is 4.40. The van der Waals surface area contributed by atoms with Crippen molar-refractivity contribution in [2.75, 3.05) is 26.7 Å². The Labute approximate surface area is 129 Å². The van der Waals surface area contributed by atoms with E-state index in [1.807, 2.05) is 13.8 Å². The molecule has 1 rings (SSSR count). The molecule has 0 aromatic heterocycles. The number of hydrogen-bond donors (Lipinski definition) is 4. The smallest absolute Gasteiger partial charge is 0.105 e. The molecule has 0 aliphatic carbocycles. The lowest BCUT2D eigenvalue weighted by Gasteiger charge is -2.46. The van der Waals surface area contributed by atoms with Crippen molar-refractivity contribution in [1.82, 2.24) is 20.4 Å². The lowest BCUT2D eigenvalue weighted by Crippen LogP contribution is -2.65. The van der Waals surface area contributed by atoms with Crippen molar-refractivity contribution in [3.63, 3.8) is 0 Å². The van der Waals surface area contributed by atoms with E-state index in [1.165, 1.54) is 0 Å². The van der Waals surface area contributed by atoms with Crippen LogP contribution in [0.15, 0.2) is 0 Å². The summed E-state index contributed by atoms with van der Waals surface area (Å²) in [5.74, 6) is 0. The summed E-state index contributed by atoms with van der Waals surface area (Å²) in [6.45, 7) is 11.1. The van der Waals surface area contributed by atoms with E-state index < -0.39 is 12.5 Å². The Balaban J connectivity index is 2.69. The first-order valence-electron chi connectivity index (χ1n) is 8.21. The molecule has 0 aromatic carbocycles. The van der Waals surface area contributed by atoms with Crippen molar-refractivity contribution in [3.05, 3.63) is 0 Å². The van der Waals surface area contributed by atoms with Crippen LogP contribution in [-0.2, 0) is 0 Å². The zero-order valence-electron chi connectivity index (χ0n) is 14.2. The summed E-state index contributed by atoms with van der Waals surface area (Å²) < 4.78 is 0. The summed E-state index contributed by atoms with van der Waals surface area (Å²) in [5, 5.41) is 26.2. The van der Waals surface area contributed by atoms with Crippen LogP contribution < -0.4 is 10.6 Å². The standard InChI is InChI=1S/C15H34N4O2/c1-6-14(20)16-11(3)13-10-18(5)8-9-19(13)12(4)17-15(21)7-2/h11-17,20-21H,6-10H2,1-5H3. The highest BCUT2D eigenvalue weighted by Gasteiger charge is 2.33. The normalized spacial score (nSPS) is 27.3. The van der Waals surface area contributed by atoms with Gasteiger partial charge in [0.2, 0.25) is 0 Å². The predicted molar refractivity (Wildman–Crippen MR) is 85.8 cm³/mol. The minimum atomic E-state index is -0.468. The van der Waals surface area contributed by atoms with Crippen LogP contribution >= 0.6 is 0 Å². The number of likely N-dealkylation sites (N-methyl/N-ethyl adjacent to an activating group) is 1. The first kappa shape index (κ1) is 18.8. The molecule has 1 saturated heterocycles. The molecule has 1 heterocycles. The molecule has 6 heteroatoms. The van der Waals surface area contributed by atoms with Crippen LogP contribution in [-0.4, -0.2) is 77.4 Å². The number of nitrogens with zero attached hydrogens (tertiary/aromatic N) is 2. The molecule has 0 spiro atoms. The third kappa shape index (κ3) is 5.81. The molecule has 0 amide bonds. The van der Waals surface area contributed by atoms with Gasteiger partial charge in [-0.3, -0.25) is 15.5 Å². The molecule has 0 aromatic rings. The number of piperazine rings is 1. The van der Waals surface area contributed by atoms with Crippen LogP contribution in [0.4, 0.5) is 0 Å². The van der Waals surface area contributed by atoms with Gasteiger partial charge in [0.05, 0.1) is 6.17 Å². The number of nitrogens with one attached hydrogen (secondary N) is 2. The van der Waals surface area contributed by atoms with Gasteiger partial charge in [0.1, 0.15) is 12.5 Å². The SMILES string of the molecule is CCC(O)NC(C)C1CN(C)CCN1C(C)NC(O)CC. The maximum atomic E-state index is 9.83. The molecular weight excluding hydrogens is 268 g/mol. The molecule has 1 fully saturated rings. The zero-order valence-corrected chi connectivity index (χ0v) is 14.2. The Bertz CT molecular complexity index is 293. The Morgan fingerprint density at radius 2 is 1.62 bits per heavy atom. The molecule has 0 saturated carbocycles. The summed E-state index contributed by atoms with van der Waals surface area (Å²) in [6.07, 6.45) is 0.588. The van der Waals surface area contributed by atoms with Gasteiger partial charge in [-0.15, -0.1) is 0 Å². The number of hydrogen-bond acceptors (Lipinski definition) is 6. The first-order chi connectivity index (χ1) is 9.88. The van der Waals surface area contributed by atoms with Gasteiger partial charge in [0.15, 0.2) is 0 Å². The quantitative estimate of drug-likeness (QED) is 0.472. The highest BCUT2D eigenvalue weighted by Crippen LogP contribution is 2.15. The van der Waals surface area contributed by atoms with Gasteiger partial charge < -0.3 is 15.1 Å². The molecule has 21 heavy (non-hydrogen) atoms. The third-order valence-corrected chi connectivity index (χ3v) is 4.40. The van der Waals surface area contributed by atoms with Crippen LogP contribution in [0.3, 0.4) is 0 Å². The Morgan fingerprint density at radius 3 is 2.19 bits per heavy atom. The monoisotopic (exact) mass is 302 g/mol. The van der Waals surface area contributed by atoms with Crippen LogP contribution in [0.2, 0.25) is 0 Å². The fourth-order valence-corrected chi connectivity index (χ4v) is 2.92. The van der Waals surface area contributed by atoms with E-state index in [-0.39, 0.29) is 12.2 Å². The highest BCUT2D eigenvalue weighted by atomic mass is 16.3. The molecule has 126 valence electrons. The lowest BCUT2D eigenvalue weighted by atomic mass is 10.0. The minimum Gasteiger partial charge on any atom is -0.379 e. The number of rotatable bonds is 8.